The summed E-state index contributed by atoms with van der Waals surface area (Å²) in [6.45, 7) is 7.55. The highest BCUT2D eigenvalue weighted by atomic mass is 32.2. The van der Waals surface area contributed by atoms with Gasteiger partial charge in [0.2, 0.25) is 0 Å². The van der Waals surface area contributed by atoms with E-state index < -0.39 is 10.8 Å². The van der Waals surface area contributed by atoms with Crippen LogP contribution >= 0.6 is 0 Å². The third-order valence-electron chi connectivity index (χ3n) is 3.20. The second kappa shape index (κ2) is 7.70. The van der Waals surface area contributed by atoms with Crippen LogP contribution in [0.1, 0.15) is 32.3 Å². The molecule has 1 aromatic rings. The Labute approximate surface area is 114 Å². The van der Waals surface area contributed by atoms with Gasteiger partial charge >= 0.3 is 0 Å². The normalized spacial score (nSPS) is 16.5. The molecule has 2 nitrogen and oxygen atoms in total. The largest absolute Gasteiger partial charge is 0.313 e. The fourth-order valence-corrected chi connectivity index (χ4v) is 3.00. The Hall–Kier alpha value is -0.670. The standard InChI is InChI=1S/C15H25NOS/c1-12(2)15(14-8-6-5-7-9-14)10-16-13(3)11-18(4)17/h5-9,12-13,15-16H,10-11H2,1-4H3. The summed E-state index contributed by atoms with van der Waals surface area (Å²) in [6, 6.07) is 10.9. The van der Waals surface area contributed by atoms with Gasteiger partial charge in [0.25, 0.3) is 0 Å². The molecule has 0 saturated carbocycles. The van der Waals surface area contributed by atoms with Gasteiger partial charge in [-0.15, -0.1) is 0 Å². The highest BCUT2D eigenvalue weighted by Gasteiger charge is 2.16. The Morgan fingerprint density at radius 2 is 1.78 bits per heavy atom. The van der Waals surface area contributed by atoms with E-state index in [0.717, 1.165) is 12.3 Å². The molecular formula is C15H25NOS. The maximum atomic E-state index is 11.2. The van der Waals surface area contributed by atoms with Crippen molar-refractivity contribution in [1.82, 2.24) is 5.32 Å². The molecule has 1 N–H and O–H groups in total. The van der Waals surface area contributed by atoms with Crippen LogP contribution in [-0.2, 0) is 10.8 Å². The first-order valence-corrected chi connectivity index (χ1v) is 8.31. The van der Waals surface area contributed by atoms with Gasteiger partial charge in [-0.3, -0.25) is 4.21 Å². The quantitative estimate of drug-likeness (QED) is 0.823. The molecule has 0 fully saturated rings. The number of rotatable bonds is 7. The summed E-state index contributed by atoms with van der Waals surface area (Å²) in [5.41, 5.74) is 1.38. The molecule has 0 heterocycles. The Bertz CT molecular complexity index is 364. The molecule has 0 aliphatic carbocycles. The smallest absolute Gasteiger partial charge is 0.0383 e. The first-order valence-electron chi connectivity index (χ1n) is 6.59. The van der Waals surface area contributed by atoms with Gasteiger partial charge in [0, 0.05) is 35.4 Å². The average molecular weight is 267 g/mol. The van der Waals surface area contributed by atoms with Crippen molar-refractivity contribution in [3.63, 3.8) is 0 Å². The minimum absolute atomic E-state index is 0.306. The van der Waals surface area contributed by atoms with Gasteiger partial charge in [0.15, 0.2) is 0 Å². The lowest BCUT2D eigenvalue weighted by Crippen LogP contribution is -2.35. The minimum atomic E-state index is -0.728. The maximum Gasteiger partial charge on any atom is 0.0383 e. The average Bonchev–Trinajstić information content (AvgIpc) is 2.29. The van der Waals surface area contributed by atoms with E-state index in [1.165, 1.54) is 5.56 Å². The van der Waals surface area contributed by atoms with Crippen LogP contribution in [0.4, 0.5) is 0 Å². The van der Waals surface area contributed by atoms with Gasteiger partial charge in [-0.05, 0) is 24.3 Å². The lowest BCUT2D eigenvalue weighted by molar-refractivity contribution is 0.442. The highest BCUT2D eigenvalue weighted by molar-refractivity contribution is 7.84. The summed E-state index contributed by atoms with van der Waals surface area (Å²) in [6.07, 6.45) is 1.76. The van der Waals surface area contributed by atoms with Crippen LogP contribution in [0.5, 0.6) is 0 Å². The molecule has 3 heteroatoms. The van der Waals surface area contributed by atoms with Crippen LogP contribution in [-0.4, -0.2) is 28.8 Å². The summed E-state index contributed by atoms with van der Waals surface area (Å²) in [5, 5.41) is 3.50. The van der Waals surface area contributed by atoms with Crippen molar-refractivity contribution in [2.75, 3.05) is 18.6 Å². The molecule has 0 aromatic heterocycles. The van der Waals surface area contributed by atoms with Crippen LogP contribution < -0.4 is 5.32 Å². The van der Waals surface area contributed by atoms with E-state index in [9.17, 15) is 4.21 Å². The molecule has 0 aliphatic rings. The van der Waals surface area contributed by atoms with Crippen molar-refractivity contribution in [2.45, 2.75) is 32.7 Å². The Morgan fingerprint density at radius 3 is 2.28 bits per heavy atom. The van der Waals surface area contributed by atoms with Crippen LogP contribution in [0.3, 0.4) is 0 Å². The molecule has 18 heavy (non-hydrogen) atoms. The van der Waals surface area contributed by atoms with Crippen molar-refractivity contribution < 1.29 is 4.21 Å². The summed E-state index contributed by atoms with van der Waals surface area (Å²) < 4.78 is 11.2. The van der Waals surface area contributed by atoms with Crippen molar-refractivity contribution in [3.05, 3.63) is 35.9 Å². The predicted octanol–water partition coefficient (Wildman–Crippen LogP) is 2.78. The topological polar surface area (TPSA) is 29.1 Å². The number of benzene rings is 1. The van der Waals surface area contributed by atoms with Crippen molar-refractivity contribution in [2.24, 2.45) is 5.92 Å². The van der Waals surface area contributed by atoms with Gasteiger partial charge < -0.3 is 5.32 Å². The molecule has 0 aliphatic heterocycles. The summed E-state index contributed by atoms with van der Waals surface area (Å²) in [4.78, 5) is 0. The number of hydrogen-bond acceptors (Lipinski definition) is 2. The van der Waals surface area contributed by atoms with E-state index in [1.54, 1.807) is 6.26 Å². The molecule has 102 valence electrons. The van der Waals surface area contributed by atoms with E-state index >= 15 is 0 Å². The maximum absolute atomic E-state index is 11.2. The lowest BCUT2D eigenvalue weighted by Gasteiger charge is -2.24. The Balaban J connectivity index is 2.57. The second-order valence-corrected chi connectivity index (χ2v) is 6.79. The zero-order valence-electron chi connectivity index (χ0n) is 11.8. The molecule has 0 saturated heterocycles. The SMILES string of the molecule is CC(CS(C)=O)NCC(c1ccccc1)C(C)C. The third-order valence-corrected chi connectivity index (χ3v) is 4.17. The molecule has 0 spiro atoms. The minimum Gasteiger partial charge on any atom is -0.313 e. The van der Waals surface area contributed by atoms with Crippen molar-refractivity contribution in [3.8, 4) is 0 Å². The second-order valence-electron chi connectivity index (χ2n) is 5.31. The van der Waals surface area contributed by atoms with Crippen LogP contribution in [0.2, 0.25) is 0 Å². The molecule has 1 aromatic carbocycles. The van der Waals surface area contributed by atoms with Crippen LogP contribution in [0.25, 0.3) is 0 Å². The third kappa shape index (κ3) is 5.32. The molecule has 0 bridgehead atoms. The van der Waals surface area contributed by atoms with E-state index in [4.69, 9.17) is 0 Å². The Kier molecular flexibility index (Phi) is 6.58. The van der Waals surface area contributed by atoms with E-state index in [2.05, 4.69) is 56.4 Å². The van der Waals surface area contributed by atoms with E-state index in [-0.39, 0.29) is 0 Å². The molecule has 1 rings (SSSR count). The van der Waals surface area contributed by atoms with E-state index in [1.807, 2.05) is 0 Å². The monoisotopic (exact) mass is 267 g/mol. The molecule has 3 unspecified atom stereocenters. The zero-order chi connectivity index (χ0) is 13.5. The summed E-state index contributed by atoms with van der Waals surface area (Å²) in [7, 11) is -0.728. The van der Waals surface area contributed by atoms with Crippen molar-refractivity contribution >= 4 is 10.8 Å². The fourth-order valence-electron chi connectivity index (χ4n) is 2.18. The number of hydrogen-bond donors (Lipinski definition) is 1. The predicted molar refractivity (Wildman–Crippen MR) is 80.4 cm³/mol. The molecule has 3 atom stereocenters. The number of nitrogens with one attached hydrogen (secondary N) is 1. The van der Waals surface area contributed by atoms with Crippen LogP contribution in [0.15, 0.2) is 30.3 Å². The Morgan fingerprint density at radius 1 is 1.17 bits per heavy atom. The van der Waals surface area contributed by atoms with Gasteiger partial charge in [-0.1, -0.05) is 44.2 Å². The molecular weight excluding hydrogens is 242 g/mol. The van der Waals surface area contributed by atoms with Crippen molar-refractivity contribution in [1.29, 1.82) is 0 Å². The molecule has 0 amide bonds. The first-order chi connectivity index (χ1) is 8.50. The van der Waals surface area contributed by atoms with Crippen LogP contribution in [0, 0.1) is 5.92 Å². The summed E-state index contributed by atoms with van der Waals surface area (Å²) in [5.74, 6) is 1.83. The van der Waals surface area contributed by atoms with E-state index in [0.29, 0.717) is 17.9 Å². The molecule has 0 radical (unpaired) electrons. The zero-order valence-corrected chi connectivity index (χ0v) is 12.7. The van der Waals surface area contributed by atoms with Gasteiger partial charge in [0.1, 0.15) is 0 Å². The van der Waals surface area contributed by atoms with Gasteiger partial charge in [-0.2, -0.15) is 0 Å². The van der Waals surface area contributed by atoms with Gasteiger partial charge in [0.05, 0.1) is 0 Å². The highest BCUT2D eigenvalue weighted by Crippen LogP contribution is 2.23. The first kappa shape index (κ1) is 15.4. The lowest BCUT2D eigenvalue weighted by atomic mass is 9.88. The van der Waals surface area contributed by atoms with Gasteiger partial charge in [-0.25, -0.2) is 0 Å². The fraction of sp³-hybridized carbons (Fsp3) is 0.600. The summed E-state index contributed by atoms with van der Waals surface area (Å²) >= 11 is 0.